The van der Waals surface area contributed by atoms with Gasteiger partial charge in [0.1, 0.15) is 10.6 Å². The Kier molecular flexibility index (Phi) is 3.76. The lowest BCUT2D eigenvalue weighted by Gasteiger charge is -2.06. The molecule has 2 N–H and O–H groups in total. The minimum absolute atomic E-state index is 0.132. The van der Waals surface area contributed by atoms with E-state index in [1.165, 1.54) is 0 Å². The molecule has 0 unspecified atom stereocenters. The van der Waals surface area contributed by atoms with Crippen LogP contribution < -0.4 is 4.72 Å². The first kappa shape index (κ1) is 14.8. The van der Waals surface area contributed by atoms with E-state index in [9.17, 15) is 8.42 Å². The van der Waals surface area contributed by atoms with E-state index in [4.69, 9.17) is 4.52 Å². The Morgan fingerprint density at radius 2 is 2.09 bits per heavy atom. The molecule has 7 heteroatoms. The van der Waals surface area contributed by atoms with Crippen molar-refractivity contribution in [1.29, 1.82) is 0 Å². The average molecular weight is 319 g/mol. The summed E-state index contributed by atoms with van der Waals surface area (Å²) in [5.41, 5.74) is 2.49. The topological polar surface area (TPSA) is 88.0 Å². The quantitative estimate of drug-likeness (QED) is 0.755. The van der Waals surface area contributed by atoms with Crippen LogP contribution in [0.4, 0.5) is 0 Å². The number of aromatic amines is 1. The number of aromatic nitrogens is 2. The molecular formula is C15H17N3O3S. The lowest BCUT2D eigenvalue weighted by molar-refractivity contribution is 0.390. The van der Waals surface area contributed by atoms with Crippen molar-refractivity contribution in [2.75, 3.05) is 6.54 Å². The highest BCUT2D eigenvalue weighted by Crippen LogP contribution is 2.19. The molecule has 2 heterocycles. The molecule has 0 saturated heterocycles. The maximum absolute atomic E-state index is 12.3. The number of fused-ring (bicyclic) bond motifs is 1. The summed E-state index contributed by atoms with van der Waals surface area (Å²) in [6.45, 7) is 3.52. The number of aryl methyl sites for hydroxylation is 2. The molecular weight excluding hydrogens is 302 g/mol. The zero-order valence-electron chi connectivity index (χ0n) is 12.4. The van der Waals surface area contributed by atoms with Gasteiger partial charge in [-0.05, 0) is 43.4 Å². The van der Waals surface area contributed by atoms with Crippen LogP contribution in [-0.4, -0.2) is 25.1 Å². The van der Waals surface area contributed by atoms with E-state index in [0.717, 1.165) is 16.5 Å². The van der Waals surface area contributed by atoms with Crippen LogP contribution in [0.2, 0.25) is 0 Å². The highest BCUT2D eigenvalue weighted by Gasteiger charge is 2.23. The van der Waals surface area contributed by atoms with Crippen molar-refractivity contribution >= 4 is 20.9 Å². The van der Waals surface area contributed by atoms with Crippen molar-refractivity contribution < 1.29 is 12.9 Å². The summed E-state index contributed by atoms with van der Waals surface area (Å²) in [5.74, 6) is 0.304. The number of hydrogen-bond acceptors (Lipinski definition) is 4. The molecule has 0 atom stereocenters. The van der Waals surface area contributed by atoms with E-state index in [2.05, 4.69) is 14.9 Å². The van der Waals surface area contributed by atoms with Gasteiger partial charge >= 0.3 is 0 Å². The monoisotopic (exact) mass is 319 g/mol. The molecule has 0 saturated carbocycles. The Labute approximate surface area is 128 Å². The standard InChI is InChI=1S/C15H17N3O3S/c1-10-15(11(2)21-18-10)22(19,20)17-8-5-12-3-4-13-6-7-16-14(13)9-12/h3-4,6-7,9,16-17H,5,8H2,1-2H3. The second-order valence-corrected chi connectivity index (χ2v) is 6.90. The van der Waals surface area contributed by atoms with Gasteiger partial charge in [0, 0.05) is 18.3 Å². The number of benzene rings is 1. The summed E-state index contributed by atoms with van der Waals surface area (Å²) >= 11 is 0. The molecule has 0 amide bonds. The minimum Gasteiger partial charge on any atom is -0.361 e. The summed E-state index contributed by atoms with van der Waals surface area (Å²) < 4.78 is 32.1. The van der Waals surface area contributed by atoms with Gasteiger partial charge in [-0.2, -0.15) is 0 Å². The third-order valence-electron chi connectivity index (χ3n) is 3.56. The van der Waals surface area contributed by atoms with E-state index < -0.39 is 10.0 Å². The van der Waals surface area contributed by atoms with Gasteiger partial charge in [-0.25, -0.2) is 13.1 Å². The molecule has 0 bridgehead atoms. The molecule has 3 aromatic rings. The zero-order chi connectivity index (χ0) is 15.7. The van der Waals surface area contributed by atoms with Crippen LogP contribution in [0.1, 0.15) is 17.0 Å². The molecule has 0 aliphatic carbocycles. The van der Waals surface area contributed by atoms with E-state index >= 15 is 0 Å². The molecule has 1 aromatic carbocycles. The molecule has 22 heavy (non-hydrogen) atoms. The molecule has 0 aliphatic heterocycles. The zero-order valence-corrected chi connectivity index (χ0v) is 13.2. The van der Waals surface area contributed by atoms with Crippen LogP contribution in [0.25, 0.3) is 10.9 Å². The molecule has 116 valence electrons. The molecule has 0 aliphatic rings. The Hall–Kier alpha value is -2.12. The number of nitrogens with one attached hydrogen (secondary N) is 2. The Balaban J connectivity index is 1.69. The maximum atomic E-state index is 12.3. The van der Waals surface area contributed by atoms with E-state index in [0.29, 0.717) is 24.4 Å². The van der Waals surface area contributed by atoms with Crippen molar-refractivity contribution in [2.45, 2.75) is 25.2 Å². The van der Waals surface area contributed by atoms with Crippen molar-refractivity contribution in [2.24, 2.45) is 0 Å². The van der Waals surface area contributed by atoms with Crippen molar-refractivity contribution in [3.05, 3.63) is 47.5 Å². The van der Waals surface area contributed by atoms with Crippen LogP contribution in [0.5, 0.6) is 0 Å². The molecule has 0 fully saturated rings. The maximum Gasteiger partial charge on any atom is 0.245 e. The molecule has 3 rings (SSSR count). The smallest absolute Gasteiger partial charge is 0.245 e. The Bertz CT molecular complexity index is 890. The van der Waals surface area contributed by atoms with Crippen molar-refractivity contribution in [3.63, 3.8) is 0 Å². The van der Waals surface area contributed by atoms with Crippen LogP contribution in [-0.2, 0) is 16.4 Å². The van der Waals surface area contributed by atoms with E-state index in [-0.39, 0.29) is 4.90 Å². The predicted octanol–water partition coefficient (Wildman–Crippen LogP) is 2.29. The summed E-state index contributed by atoms with van der Waals surface area (Å²) in [5, 5.41) is 4.82. The van der Waals surface area contributed by atoms with Crippen LogP contribution >= 0.6 is 0 Å². The number of hydrogen-bond donors (Lipinski definition) is 2. The van der Waals surface area contributed by atoms with Gasteiger partial charge in [0.25, 0.3) is 0 Å². The van der Waals surface area contributed by atoms with Gasteiger partial charge in [0.15, 0.2) is 5.76 Å². The summed E-state index contributed by atoms with van der Waals surface area (Å²) in [7, 11) is -3.59. The lowest BCUT2D eigenvalue weighted by atomic mass is 10.1. The number of H-pyrrole nitrogens is 1. The summed E-state index contributed by atoms with van der Waals surface area (Å²) in [4.78, 5) is 3.28. The van der Waals surface area contributed by atoms with Crippen molar-refractivity contribution in [1.82, 2.24) is 14.9 Å². The fraction of sp³-hybridized carbons (Fsp3) is 0.267. The number of sulfonamides is 1. The van der Waals surface area contributed by atoms with Gasteiger partial charge in [-0.15, -0.1) is 0 Å². The molecule has 0 radical (unpaired) electrons. The van der Waals surface area contributed by atoms with Crippen LogP contribution in [0, 0.1) is 13.8 Å². The SMILES string of the molecule is Cc1noc(C)c1S(=O)(=O)NCCc1ccc2cc[nH]c2c1. The van der Waals surface area contributed by atoms with E-state index in [1.807, 2.05) is 30.5 Å². The molecule has 6 nitrogen and oxygen atoms in total. The highest BCUT2D eigenvalue weighted by atomic mass is 32.2. The first-order chi connectivity index (χ1) is 10.5. The first-order valence-corrected chi connectivity index (χ1v) is 8.44. The lowest BCUT2D eigenvalue weighted by Crippen LogP contribution is -2.26. The van der Waals surface area contributed by atoms with Gasteiger partial charge in [0.2, 0.25) is 10.0 Å². The van der Waals surface area contributed by atoms with E-state index in [1.54, 1.807) is 13.8 Å². The van der Waals surface area contributed by atoms with Gasteiger partial charge in [-0.3, -0.25) is 0 Å². The van der Waals surface area contributed by atoms with Gasteiger partial charge in [0.05, 0.1) is 0 Å². The molecule has 0 spiro atoms. The first-order valence-electron chi connectivity index (χ1n) is 6.96. The largest absolute Gasteiger partial charge is 0.361 e. The Morgan fingerprint density at radius 1 is 1.27 bits per heavy atom. The average Bonchev–Trinajstić information content (AvgIpc) is 3.05. The van der Waals surface area contributed by atoms with Gasteiger partial charge in [-0.1, -0.05) is 17.3 Å². The minimum atomic E-state index is -3.59. The number of nitrogens with zero attached hydrogens (tertiary/aromatic N) is 1. The third kappa shape index (κ3) is 2.77. The molecule has 2 aromatic heterocycles. The third-order valence-corrected chi connectivity index (χ3v) is 5.27. The second-order valence-electron chi connectivity index (χ2n) is 5.20. The summed E-state index contributed by atoms with van der Waals surface area (Å²) in [6, 6.07) is 8.04. The summed E-state index contributed by atoms with van der Waals surface area (Å²) in [6.07, 6.45) is 2.49. The second kappa shape index (κ2) is 5.58. The normalized spacial score (nSPS) is 12.1. The van der Waals surface area contributed by atoms with Gasteiger partial charge < -0.3 is 9.51 Å². The fourth-order valence-electron chi connectivity index (χ4n) is 2.51. The van der Waals surface area contributed by atoms with Crippen LogP contribution in [0.15, 0.2) is 39.9 Å². The Morgan fingerprint density at radius 3 is 2.82 bits per heavy atom. The predicted molar refractivity (Wildman–Crippen MR) is 83.2 cm³/mol. The number of rotatable bonds is 5. The van der Waals surface area contributed by atoms with Crippen molar-refractivity contribution in [3.8, 4) is 0 Å². The van der Waals surface area contributed by atoms with Crippen LogP contribution in [0.3, 0.4) is 0 Å². The fourth-order valence-corrected chi connectivity index (χ4v) is 3.87. The highest BCUT2D eigenvalue weighted by molar-refractivity contribution is 7.89.